The third kappa shape index (κ3) is 5.50. The SMILES string of the molecule is CC(CC(=O)Nc1cccc(N2CCCC2)c1)NCc1cc(F)ccc1F. The second-order valence-corrected chi connectivity index (χ2v) is 7.01. The third-order valence-corrected chi connectivity index (χ3v) is 4.74. The van der Waals surface area contributed by atoms with Gasteiger partial charge in [-0.3, -0.25) is 4.79 Å². The molecule has 1 unspecified atom stereocenters. The Balaban J connectivity index is 1.50. The van der Waals surface area contributed by atoms with E-state index in [1.807, 2.05) is 25.1 Å². The lowest BCUT2D eigenvalue weighted by Gasteiger charge is -2.19. The summed E-state index contributed by atoms with van der Waals surface area (Å²) in [7, 11) is 0. The van der Waals surface area contributed by atoms with Gasteiger partial charge in [-0.2, -0.15) is 0 Å². The van der Waals surface area contributed by atoms with Crippen molar-refractivity contribution in [1.82, 2.24) is 5.32 Å². The number of amides is 1. The molecule has 1 saturated heterocycles. The van der Waals surface area contributed by atoms with Crippen molar-refractivity contribution < 1.29 is 13.6 Å². The highest BCUT2D eigenvalue weighted by atomic mass is 19.1. The van der Waals surface area contributed by atoms with Crippen molar-refractivity contribution in [2.45, 2.75) is 38.8 Å². The summed E-state index contributed by atoms with van der Waals surface area (Å²) in [5.74, 6) is -1.05. The molecule has 2 N–H and O–H groups in total. The third-order valence-electron chi connectivity index (χ3n) is 4.74. The average molecular weight is 373 g/mol. The summed E-state index contributed by atoms with van der Waals surface area (Å²) >= 11 is 0. The Kier molecular flexibility index (Phi) is 6.40. The highest BCUT2D eigenvalue weighted by Crippen LogP contribution is 2.23. The topological polar surface area (TPSA) is 44.4 Å². The van der Waals surface area contributed by atoms with Crippen molar-refractivity contribution in [3.05, 3.63) is 59.7 Å². The Morgan fingerprint density at radius 1 is 1.15 bits per heavy atom. The molecule has 0 aliphatic carbocycles. The van der Waals surface area contributed by atoms with Crippen LogP contribution in [0.2, 0.25) is 0 Å². The number of rotatable bonds is 7. The highest BCUT2D eigenvalue weighted by Gasteiger charge is 2.14. The number of benzene rings is 2. The zero-order valence-electron chi connectivity index (χ0n) is 15.5. The van der Waals surface area contributed by atoms with E-state index in [4.69, 9.17) is 0 Å². The van der Waals surface area contributed by atoms with Crippen molar-refractivity contribution in [3.8, 4) is 0 Å². The molecule has 2 aromatic rings. The molecule has 0 aromatic heterocycles. The Morgan fingerprint density at radius 2 is 1.93 bits per heavy atom. The lowest BCUT2D eigenvalue weighted by Crippen LogP contribution is -2.30. The van der Waals surface area contributed by atoms with Crippen LogP contribution < -0.4 is 15.5 Å². The summed E-state index contributed by atoms with van der Waals surface area (Å²) in [6.07, 6.45) is 2.64. The molecule has 0 radical (unpaired) electrons. The lowest BCUT2D eigenvalue weighted by molar-refractivity contribution is -0.116. The van der Waals surface area contributed by atoms with E-state index in [0.717, 1.165) is 36.6 Å². The molecule has 27 heavy (non-hydrogen) atoms. The minimum absolute atomic E-state index is 0.117. The first-order valence-electron chi connectivity index (χ1n) is 9.33. The van der Waals surface area contributed by atoms with E-state index in [2.05, 4.69) is 21.6 Å². The zero-order chi connectivity index (χ0) is 19.2. The fourth-order valence-electron chi connectivity index (χ4n) is 3.28. The Morgan fingerprint density at radius 3 is 2.70 bits per heavy atom. The Hall–Kier alpha value is -2.47. The molecule has 0 saturated carbocycles. The number of halogens is 2. The average Bonchev–Trinajstić information content (AvgIpc) is 3.17. The predicted molar refractivity (Wildman–Crippen MR) is 104 cm³/mol. The van der Waals surface area contributed by atoms with Crippen LogP contribution in [-0.4, -0.2) is 25.0 Å². The quantitative estimate of drug-likeness (QED) is 0.769. The maximum Gasteiger partial charge on any atom is 0.225 e. The van der Waals surface area contributed by atoms with E-state index in [0.29, 0.717) is 0 Å². The summed E-state index contributed by atoms with van der Waals surface area (Å²) in [5, 5.41) is 5.98. The molecule has 0 spiro atoms. The van der Waals surface area contributed by atoms with Crippen LogP contribution in [0.4, 0.5) is 20.2 Å². The molecule has 1 aliphatic rings. The van der Waals surface area contributed by atoms with Gasteiger partial charge in [-0.05, 0) is 56.2 Å². The first-order valence-corrected chi connectivity index (χ1v) is 9.33. The van der Waals surface area contributed by atoms with Gasteiger partial charge in [-0.25, -0.2) is 8.78 Å². The zero-order valence-corrected chi connectivity index (χ0v) is 15.5. The van der Waals surface area contributed by atoms with Crippen LogP contribution in [0.15, 0.2) is 42.5 Å². The highest BCUT2D eigenvalue weighted by molar-refractivity contribution is 5.91. The van der Waals surface area contributed by atoms with Crippen LogP contribution in [0.5, 0.6) is 0 Å². The number of hydrogen-bond donors (Lipinski definition) is 2. The molecule has 1 aliphatic heterocycles. The predicted octanol–water partition coefficient (Wildman–Crippen LogP) is 4.07. The second-order valence-electron chi connectivity index (χ2n) is 7.01. The molecular weight excluding hydrogens is 348 g/mol. The van der Waals surface area contributed by atoms with Gasteiger partial charge in [-0.1, -0.05) is 6.07 Å². The Labute approximate surface area is 158 Å². The smallest absolute Gasteiger partial charge is 0.225 e. The fraction of sp³-hybridized carbons (Fsp3) is 0.381. The van der Waals surface area contributed by atoms with Crippen molar-refractivity contribution in [1.29, 1.82) is 0 Å². The standard InChI is InChI=1S/C21H25F2N3O/c1-15(24-14-16-12-17(22)7-8-20(16)23)11-21(27)25-18-5-4-6-19(13-18)26-9-2-3-10-26/h4-8,12-13,15,24H,2-3,9-11,14H2,1H3,(H,25,27). The first-order chi connectivity index (χ1) is 13.0. The fourth-order valence-corrected chi connectivity index (χ4v) is 3.28. The van der Waals surface area contributed by atoms with Crippen molar-refractivity contribution in [2.24, 2.45) is 0 Å². The van der Waals surface area contributed by atoms with Crippen LogP contribution in [0.25, 0.3) is 0 Å². The summed E-state index contributed by atoms with van der Waals surface area (Å²) in [6, 6.07) is 11.0. The van der Waals surface area contributed by atoms with E-state index in [1.165, 1.54) is 18.9 Å². The van der Waals surface area contributed by atoms with E-state index >= 15 is 0 Å². The van der Waals surface area contributed by atoms with Crippen LogP contribution in [-0.2, 0) is 11.3 Å². The lowest BCUT2D eigenvalue weighted by atomic mass is 10.1. The summed E-state index contributed by atoms with van der Waals surface area (Å²) in [6.45, 7) is 4.11. The molecule has 4 nitrogen and oxygen atoms in total. The largest absolute Gasteiger partial charge is 0.371 e. The number of hydrogen-bond acceptors (Lipinski definition) is 3. The van der Waals surface area contributed by atoms with Gasteiger partial charge < -0.3 is 15.5 Å². The molecule has 1 atom stereocenters. The van der Waals surface area contributed by atoms with Gasteiger partial charge in [0.05, 0.1) is 0 Å². The number of nitrogens with zero attached hydrogens (tertiary/aromatic N) is 1. The molecule has 144 valence electrons. The molecule has 1 heterocycles. The monoisotopic (exact) mass is 373 g/mol. The van der Waals surface area contributed by atoms with Gasteiger partial charge in [0.2, 0.25) is 5.91 Å². The van der Waals surface area contributed by atoms with Crippen molar-refractivity contribution >= 4 is 17.3 Å². The number of carbonyl (C=O) groups is 1. The molecule has 6 heteroatoms. The van der Waals surface area contributed by atoms with E-state index in [9.17, 15) is 13.6 Å². The molecule has 1 fully saturated rings. The van der Waals surface area contributed by atoms with E-state index in [-0.39, 0.29) is 30.5 Å². The molecule has 3 rings (SSSR count). The summed E-state index contributed by atoms with van der Waals surface area (Å²) in [5.41, 5.74) is 2.14. The van der Waals surface area contributed by atoms with Crippen LogP contribution in [0, 0.1) is 11.6 Å². The Bertz CT molecular complexity index is 791. The van der Waals surface area contributed by atoms with Gasteiger partial charge in [0.15, 0.2) is 0 Å². The van der Waals surface area contributed by atoms with Gasteiger partial charge >= 0.3 is 0 Å². The van der Waals surface area contributed by atoms with Crippen molar-refractivity contribution in [3.63, 3.8) is 0 Å². The molecule has 0 bridgehead atoms. The molecule has 1 amide bonds. The maximum atomic E-state index is 13.6. The maximum absolute atomic E-state index is 13.6. The molecule has 2 aromatic carbocycles. The van der Waals surface area contributed by atoms with Crippen LogP contribution in [0.1, 0.15) is 31.7 Å². The van der Waals surface area contributed by atoms with E-state index < -0.39 is 11.6 Å². The first kappa shape index (κ1) is 19.3. The second kappa shape index (κ2) is 8.95. The van der Waals surface area contributed by atoms with E-state index in [1.54, 1.807) is 0 Å². The minimum Gasteiger partial charge on any atom is -0.371 e. The summed E-state index contributed by atoms with van der Waals surface area (Å²) < 4.78 is 26.9. The van der Waals surface area contributed by atoms with Crippen LogP contribution >= 0.6 is 0 Å². The van der Waals surface area contributed by atoms with Crippen molar-refractivity contribution in [2.75, 3.05) is 23.3 Å². The summed E-state index contributed by atoms with van der Waals surface area (Å²) in [4.78, 5) is 14.6. The number of anilines is 2. The molecular formula is C21H25F2N3O. The van der Waals surface area contributed by atoms with Gasteiger partial charge in [0.25, 0.3) is 0 Å². The van der Waals surface area contributed by atoms with Crippen LogP contribution in [0.3, 0.4) is 0 Å². The minimum atomic E-state index is -0.475. The normalized spacial score (nSPS) is 15.0. The van der Waals surface area contributed by atoms with Gasteiger partial charge in [-0.15, -0.1) is 0 Å². The van der Waals surface area contributed by atoms with Gasteiger partial charge in [0, 0.05) is 49.0 Å². The van der Waals surface area contributed by atoms with Gasteiger partial charge in [0.1, 0.15) is 11.6 Å². The number of nitrogens with one attached hydrogen (secondary N) is 2. The number of carbonyl (C=O) groups excluding carboxylic acids is 1.